The Bertz CT molecular complexity index is 697. The molecule has 1 aliphatic heterocycles. The number of hydrogen-bond acceptors (Lipinski definition) is 4. The third-order valence-electron chi connectivity index (χ3n) is 3.49. The van der Waals surface area contributed by atoms with Gasteiger partial charge in [-0.3, -0.25) is 0 Å². The first-order valence-electron chi connectivity index (χ1n) is 6.90. The summed E-state index contributed by atoms with van der Waals surface area (Å²) in [5.74, 6) is 0. The van der Waals surface area contributed by atoms with Gasteiger partial charge in [0.2, 0.25) is 0 Å². The van der Waals surface area contributed by atoms with Crippen LogP contribution in [0.15, 0.2) is 30.3 Å². The summed E-state index contributed by atoms with van der Waals surface area (Å²) in [4.78, 5) is 21.8. The van der Waals surface area contributed by atoms with Crippen molar-refractivity contribution in [1.82, 2.24) is 14.9 Å². The van der Waals surface area contributed by atoms with Gasteiger partial charge < -0.3 is 9.64 Å². The summed E-state index contributed by atoms with van der Waals surface area (Å²) < 4.78 is 5.32. The molecule has 7 heteroatoms. The van der Waals surface area contributed by atoms with E-state index in [4.69, 9.17) is 24.2 Å². The van der Waals surface area contributed by atoms with Crippen molar-refractivity contribution in [2.24, 2.45) is 0 Å². The number of carbonyl (C=O) groups is 1. The van der Waals surface area contributed by atoms with E-state index in [1.54, 1.807) is 4.90 Å². The molecule has 0 fully saturated rings. The number of nitrogens with zero attached hydrogens (tertiary/aromatic N) is 3. The quantitative estimate of drug-likeness (QED) is 0.624. The molecule has 2 heterocycles. The molecule has 0 spiro atoms. The van der Waals surface area contributed by atoms with Crippen LogP contribution in [0, 0.1) is 0 Å². The number of ether oxygens (including phenoxy) is 1. The predicted octanol–water partition coefficient (Wildman–Crippen LogP) is 1.62. The molecule has 0 bridgehead atoms. The molecule has 3 rings (SSSR count). The van der Waals surface area contributed by atoms with E-state index in [2.05, 4.69) is 9.97 Å². The number of rotatable bonds is 2. The first kappa shape index (κ1) is 14.8. The van der Waals surface area contributed by atoms with E-state index in [1.165, 1.54) is 0 Å². The largest absolute Gasteiger partial charge is 0.445 e. The first-order valence-corrected chi connectivity index (χ1v) is 7.27. The van der Waals surface area contributed by atoms with Crippen LogP contribution < -0.4 is 5.72 Å². The zero-order chi connectivity index (χ0) is 15.5. The Morgan fingerprint density at radius 1 is 1.32 bits per heavy atom. The van der Waals surface area contributed by atoms with Crippen LogP contribution in [0.4, 0.5) is 4.79 Å². The Labute approximate surface area is 134 Å². The van der Waals surface area contributed by atoms with E-state index in [-0.39, 0.29) is 18.4 Å². The summed E-state index contributed by atoms with van der Waals surface area (Å²) in [5.41, 5.74) is 2.63. The average molecular weight is 314 g/mol. The lowest BCUT2D eigenvalue weighted by atomic mass is 10.0. The van der Waals surface area contributed by atoms with Crippen LogP contribution in [-0.4, -0.2) is 35.4 Å². The Kier molecular flexibility index (Phi) is 4.29. The van der Waals surface area contributed by atoms with Crippen molar-refractivity contribution in [2.75, 3.05) is 6.54 Å². The molecule has 2 aromatic rings. The zero-order valence-electron chi connectivity index (χ0n) is 11.8. The molecule has 0 aliphatic carbocycles. The van der Waals surface area contributed by atoms with E-state index in [0.717, 1.165) is 16.8 Å². The highest BCUT2D eigenvalue weighted by Gasteiger charge is 2.25. The van der Waals surface area contributed by atoms with Crippen molar-refractivity contribution in [3.8, 4) is 0 Å². The van der Waals surface area contributed by atoms with Crippen LogP contribution in [0.1, 0.15) is 16.8 Å². The van der Waals surface area contributed by atoms with Gasteiger partial charge in [0.25, 0.3) is 0 Å². The Morgan fingerprint density at radius 3 is 2.86 bits per heavy atom. The van der Waals surface area contributed by atoms with Gasteiger partial charge >= 0.3 is 6.09 Å². The van der Waals surface area contributed by atoms with Gasteiger partial charge in [-0.05, 0) is 5.56 Å². The molecule has 0 atom stereocenters. The van der Waals surface area contributed by atoms with Crippen LogP contribution in [0.25, 0.3) is 0 Å². The molecule has 1 aromatic carbocycles. The molecule has 5 nitrogen and oxygen atoms in total. The average Bonchev–Trinajstić information content (AvgIpc) is 2.53. The molecule has 1 amide bonds. The van der Waals surface area contributed by atoms with Gasteiger partial charge in [0, 0.05) is 18.5 Å². The van der Waals surface area contributed by atoms with Gasteiger partial charge in [-0.1, -0.05) is 41.9 Å². The van der Waals surface area contributed by atoms with Gasteiger partial charge in [0.15, 0.2) is 7.85 Å². The first-order chi connectivity index (χ1) is 10.6. The molecule has 1 aliphatic rings. The van der Waals surface area contributed by atoms with Crippen LogP contribution in [0.3, 0.4) is 0 Å². The molecule has 110 valence electrons. The highest BCUT2D eigenvalue weighted by molar-refractivity contribution is 6.33. The third-order valence-corrected chi connectivity index (χ3v) is 3.80. The molecule has 0 saturated carbocycles. The van der Waals surface area contributed by atoms with Crippen molar-refractivity contribution in [3.63, 3.8) is 0 Å². The standard InChI is InChI=1S/C15H13BClN3O2/c16-14-18-12-6-7-20(8-11(12)13(17)19-14)15(21)22-9-10-4-2-1-3-5-10/h1-5H,6-9H2. The summed E-state index contributed by atoms with van der Waals surface area (Å²) in [6.45, 7) is 1.10. The Balaban J connectivity index is 1.65. The maximum Gasteiger partial charge on any atom is 0.410 e. The van der Waals surface area contributed by atoms with E-state index < -0.39 is 0 Å². The van der Waals surface area contributed by atoms with Crippen molar-refractivity contribution in [2.45, 2.75) is 19.6 Å². The third kappa shape index (κ3) is 3.22. The summed E-state index contributed by atoms with van der Waals surface area (Å²) in [7, 11) is 5.58. The zero-order valence-corrected chi connectivity index (χ0v) is 12.6. The molecular formula is C15H13BClN3O2. The highest BCUT2D eigenvalue weighted by Crippen LogP contribution is 2.22. The van der Waals surface area contributed by atoms with Gasteiger partial charge in [-0.25, -0.2) is 14.8 Å². The molecule has 0 N–H and O–H groups in total. The second kappa shape index (κ2) is 6.36. The summed E-state index contributed by atoms with van der Waals surface area (Å²) in [6.07, 6.45) is 0.213. The highest BCUT2D eigenvalue weighted by atomic mass is 35.5. The van der Waals surface area contributed by atoms with Crippen LogP contribution >= 0.6 is 11.6 Å². The molecule has 22 heavy (non-hydrogen) atoms. The fourth-order valence-electron chi connectivity index (χ4n) is 2.36. The fourth-order valence-corrected chi connectivity index (χ4v) is 2.61. The second-order valence-electron chi connectivity index (χ2n) is 5.01. The smallest absolute Gasteiger partial charge is 0.410 e. The number of aromatic nitrogens is 2. The molecule has 0 saturated heterocycles. The minimum absolute atomic E-state index is 0.156. The fraction of sp³-hybridized carbons (Fsp3) is 0.267. The van der Waals surface area contributed by atoms with Gasteiger partial charge in [-0.15, -0.1) is 0 Å². The number of amides is 1. The number of carbonyl (C=O) groups excluding carboxylic acids is 1. The van der Waals surface area contributed by atoms with Crippen molar-refractivity contribution in [1.29, 1.82) is 0 Å². The van der Waals surface area contributed by atoms with Gasteiger partial charge in [0.1, 0.15) is 11.8 Å². The summed E-state index contributed by atoms with van der Waals surface area (Å²) in [6, 6.07) is 9.54. The summed E-state index contributed by atoms with van der Waals surface area (Å²) >= 11 is 6.08. The van der Waals surface area contributed by atoms with Crippen LogP contribution in [-0.2, 0) is 24.3 Å². The minimum atomic E-state index is -0.373. The SMILES string of the molecule is [B]c1nc(Cl)c2c(n1)CCN(C(=O)OCc1ccccc1)C2. The van der Waals surface area contributed by atoms with Crippen LogP contribution in [0.2, 0.25) is 5.15 Å². The normalized spacial score (nSPS) is 13.6. The monoisotopic (exact) mass is 313 g/mol. The van der Waals surface area contributed by atoms with Crippen molar-refractivity contribution in [3.05, 3.63) is 52.3 Å². The Hall–Kier alpha value is -2.08. The van der Waals surface area contributed by atoms with Crippen molar-refractivity contribution >= 4 is 31.3 Å². The lowest BCUT2D eigenvalue weighted by molar-refractivity contribution is 0.0916. The van der Waals surface area contributed by atoms with E-state index in [1.807, 2.05) is 30.3 Å². The molecule has 1 aromatic heterocycles. The second-order valence-corrected chi connectivity index (χ2v) is 5.37. The van der Waals surface area contributed by atoms with Gasteiger partial charge in [-0.2, -0.15) is 0 Å². The van der Waals surface area contributed by atoms with Crippen molar-refractivity contribution < 1.29 is 9.53 Å². The molecule has 0 unspecified atom stereocenters. The maximum atomic E-state index is 12.2. The maximum absolute atomic E-state index is 12.2. The molecule has 2 radical (unpaired) electrons. The van der Waals surface area contributed by atoms with Crippen LogP contribution in [0.5, 0.6) is 0 Å². The lowest BCUT2D eigenvalue weighted by Gasteiger charge is -2.28. The van der Waals surface area contributed by atoms with Gasteiger partial charge in [0.05, 0.1) is 18.0 Å². The van der Waals surface area contributed by atoms with E-state index in [0.29, 0.717) is 24.7 Å². The minimum Gasteiger partial charge on any atom is -0.445 e. The number of hydrogen-bond donors (Lipinski definition) is 0. The number of benzene rings is 1. The molecular weight excluding hydrogens is 300 g/mol. The number of halogens is 1. The lowest BCUT2D eigenvalue weighted by Crippen LogP contribution is -2.38. The number of fused-ring (bicyclic) bond motifs is 1. The van der Waals surface area contributed by atoms with E-state index >= 15 is 0 Å². The predicted molar refractivity (Wildman–Crippen MR) is 83.2 cm³/mol. The van der Waals surface area contributed by atoms with E-state index in [9.17, 15) is 4.79 Å². The Morgan fingerprint density at radius 2 is 2.09 bits per heavy atom. The topological polar surface area (TPSA) is 55.3 Å². The summed E-state index contributed by atoms with van der Waals surface area (Å²) in [5, 5.41) is 0.294.